The Balaban J connectivity index is 2.05. The fraction of sp³-hybridized carbons (Fsp3) is 0.474. The Morgan fingerprint density at radius 3 is 2.33 bits per heavy atom. The van der Waals surface area contributed by atoms with Gasteiger partial charge in [-0.3, -0.25) is 0 Å². The molecule has 5 heteroatoms. The van der Waals surface area contributed by atoms with E-state index in [1.54, 1.807) is 7.11 Å². The van der Waals surface area contributed by atoms with Crippen LogP contribution in [0.1, 0.15) is 38.6 Å². The van der Waals surface area contributed by atoms with Gasteiger partial charge in [0.25, 0.3) is 0 Å². The molecule has 0 fully saturated rings. The zero-order chi connectivity index (χ0) is 17.6. The van der Waals surface area contributed by atoms with Crippen molar-refractivity contribution >= 4 is 17.3 Å². The Bertz CT molecular complexity index is 647. The number of benzene rings is 1. The van der Waals surface area contributed by atoms with Crippen molar-refractivity contribution in [2.24, 2.45) is 0 Å². The molecule has 2 N–H and O–H groups in total. The van der Waals surface area contributed by atoms with Gasteiger partial charge in [-0.05, 0) is 36.5 Å². The molecule has 0 aliphatic rings. The van der Waals surface area contributed by atoms with Gasteiger partial charge in [0, 0.05) is 32.0 Å². The van der Waals surface area contributed by atoms with Gasteiger partial charge >= 0.3 is 0 Å². The van der Waals surface area contributed by atoms with E-state index in [0.717, 1.165) is 42.7 Å². The molecule has 130 valence electrons. The molecule has 0 unspecified atom stereocenters. The second kappa shape index (κ2) is 8.11. The van der Waals surface area contributed by atoms with E-state index >= 15 is 0 Å². The third-order valence-corrected chi connectivity index (χ3v) is 3.69. The lowest BCUT2D eigenvalue weighted by Crippen LogP contribution is -2.10. The predicted octanol–water partition coefficient (Wildman–Crippen LogP) is 4.27. The van der Waals surface area contributed by atoms with Crippen LogP contribution in [-0.2, 0) is 10.2 Å². The van der Waals surface area contributed by atoms with Crippen LogP contribution in [-0.4, -0.2) is 30.2 Å². The molecular formula is C19H28N4O. The van der Waals surface area contributed by atoms with Crippen LogP contribution in [0.15, 0.2) is 30.3 Å². The molecule has 2 rings (SSSR count). The second-order valence-electron chi connectivity index (χ2n) is 6.91. The van der Waals surface area contributed by atoms with Crippen LogP contribution in [0.5, 0.6) is 0 Å². The largest absolute Gasteiger partial charge is 0.385 e. The molecule has 24 heavy (non-hydrogen) atoms. The molecule has 5 nitrogen and oxygen atoms in total. The summed E-state index contributed by atoms with van der Waals surface area (Å²) in [4.78, 5) is 8.87. The summed E-state index contributed by atoms with van der Waals surface area (Å²) < 4.78 is 5.05. The van der Waals surface area contributed by atoms with Crippen molar-refractivity contribution < 1.29 is 4.74 Å². The van der Waals surface area contributed by atoms with Crippen molar-refractivity contribution in [1.29, 1.82) is 0 Å². The fourth-order valence-electron chi connectivity index (χ4n) is 2.36. The van der Waals surface area contributed by atoms with Crippen molar-refractivity contribution in [3.8, 4) is 0 Å². The van der Waals surface area contributed by atoms with Crippen LogP contribution >= 0.6 is 0 Å². The number of nitrogens with zero attached hydrogens (tertiary/aromatic N) is 2. The molecular weight excluding hydrogens is 300 g/mol. The standard InChI is InChI=1S/C19H28N4O/c1-14-21-17(20-11-6-12-24-5)13-18(22-14)23-16-9-7-15(8-10-16)19(2,3)4/h7-10,13H,6,11-12H2,1-5H3,(H2,20,21,22,23). The number of ether oxygens (including phenoxy) is 1. The minimum atomic E-state index is 0.156. The Hall–Kier alpha value is -2.14. The van der Waals surface area contributed by atoms with Crippen molar-refractivity contribution in [3.05, 3.63) is 41.7 Å². The van der Waals surface area contributed by atoms with Crippen LogP contribution in [0, 0.1) is 6.92 Å². The third-order valence-electron chi connectivity index (χ3n) is 3.69. The molecule has 0 spiro atoms. The van der Waals surface area contributed by atoms with Gasteiger partial charge in [-0.2, -0.15) is 0 Å². The van der Waals surface area contributed by atoms with E-state index in [2.05, 4.69) is 65.6 Å². The molecule has 0 radical (unpaired) electrons. The van der Waals surface area contributed by atoms with Gasteiger partial charge in [0.05, 0.1) is 0 Å². The smallest absolute Gasteiger partial charge is 0.136 e. The summed E-state index contributed by atoms with van der Waals surface area (Å²) in [5.74, 6) is 2.35. The predicted molar refractivity (Wildman–Crippen MR) is 100 cm³/mol. The third kappa shape index (κ3) is 5.49. The lowest BCUT2D eigenvalue weighted by Gasteiger charge is -2.19. The van der Waals surface area contributed by atoms with E-state index in [9.17, 15) is 0 Å². The summed E-state index contributed by atoms with van der Waals surface area (Å²) in [6.07, 6.45) is 0.941. The highest BCUT2D eigenvalue weighted by Gasteiger charge is 2.13. The zero-order valence-corrected chi connectivity index (χ0v) is 15.3. The van der Waals surface area contributed by atoms with Crippen LogP contribution in [0.2, 0.25) is 0 Å². The number of aryl methyl sites for hydroxylation is 1. The summed E-state index contributed by atoms with van der Waals surface area (Å²) in [6, 6.07) is 10.4. The van der Waals surface area contributed by atoms with E-state index in [-0.39, 0.29) is 5.41 Å². The molecule has 0 saturated carbocycles. The van der Waals surface area contributed by atoms with Crippen LogP contribution < -0.4 is 10.6 Å². The van der Waals surface area contributed by atoms with E-state index in [1.807, 2.05) is 13.0 Å². The Morgan fingerprint density at radius 1 is 1.04 bits per heavy atom. The molecule has 1 heterocycles. The average Bonchev–Trinajstić information content (AvgIpc) is 2.51. The lowest BCUT2D eigenvalue weighted by molar-refractivity contribution is 0.198. The Labute approximate surface area is 144 Å². The van der Waals surface area contributed by atoms with Crippen LogP contribution in [0.25, 0.3) is 0 Å². The van der Waals surface area contributed by atoms with Crippen molar-refractivity contribution in [2.45, 2.75) is 39.5 Å². The second-order valence-corrected chi connectivity index (χ2v) is 6.91. The average molecular weight is 328 g/mol. The van der Waals surface area contributed by atoms with Gasteiger partial charge in [-0.1, -0.05) is 32.9 Å². The number of hydrogen-bond acceptors (Lipinski definition) is 5. The molecule has 2 aromatic rings. The molecule has 1 aromatic carbocycles. The fourth-order valence-corrected chi connectivity index (χ4v) is 2.36. The number of rotatable bonds is 7. The first-order valence-corrected chi connectivity index (χ1v) is 8.34. The van der Waals surface area contributed by atoms with Crippen LogP contribution in [0.4, 0.5) is 17.3 Å². The van der Waals surface area contributed by atoms with E-state index in [4.69, 9.17) is 4.74 Å². The number of methoxy groups -OCH3 is 1. The van der Waals surface area contributed by atoms with Crippen LogP contribution in [0.3, 0.4) is 0 Å². The van der Waals surface area contributed by atoms with Gasteiger partial charge in [0.1, 0.15) is 17.5 Å². The molecule has 0 aliphatic heterocycles. The number of aromatic nitrogens is 2. The van der Waals surface area contributed by atoms with Crippen molar-refractivity contribution in [3.63, 3.8) is 0 Å². The first-order chi connectivity index (χ1) is 11.4. The minimum Gasteiger partial charge on any atom is -0.385 e. The summed E-state index contributed by atoms with van der Waals surface area (Å²) >= 11 is 0. The van der Waals surface area contributed by atoms with Gasteiger partial charge in [0.2, 0.25) is 0 Å². The molecule has 0 aliphatic carbocycles. The number of hydrogen-bond donors (Lipinski definition) is 2. The summed E-state index contributed by atoms with van der Waals surface area (Å²) in [5.41, 5.74) is 2.49. The highest BCUT2D eigenvalue weighted by atomic mass is 16.5. The van der Waals surface area contributed by atoms with E-state index in [1.165, 1.54) is 5.56 Å². The number of anilines is 3. The summed E-state index contributed by atoms with van der Waals surface area (Å²) in [7, 11) is 1.71. The van der Waals surface area contributed by atoms with Gasteiger partial charge in [0.15, 0.2) is 0 Å². The molecule has 0 bridgehead atoms. The maximum absolute atomic E-state index is 5.05. The highest BCUT2D eigenvalue weighted by molar-refractivity contribution is 5.59. The van der Waals surface area contributed by atoms with Gasteiger partial charge in [-0.25, -0.2) is 9.97 Å². The van der Waals surface area contributed by atoms with Crippen molar-refractivity contribution in [2.75, 3.05) is 30.9 Å². The maximum Gasteiger partial charge on any atom is 0.136 e. The topological polar surface area (TPSA) is 59.1 Å². The molecule has 0 amide bonds. The molecule has 0 atom stereocenters. The normalized spacial score (nSPS) is 11.4. The van der Waals surface area contributed by atoms with Gasteiger partial charge in [-0.15, -0.1) is 0 Å². The Kier molecular flexibility index (Phi) is 6.15. The zero-order valence-electron chi connectivity index (χ0n) is 15.3. The van der Waals surface area contributed by atoms with E-state index < -0.39 is 0 Å². The summed E-state index contributed by atoms with van der Waals surface area (Å²) in [6.45, 7) is 10.1. The molecule has 0 saturated heterocycles. The quantitative estimate of drug-likeness (QED) is 0.743. The molecule has 1 aromatic heterocycles. The number of nitrogens with one attached hydrogen (secondary N) is 2. The highest BCUT2D eigenvalue weighted by Crippen LogP contribution is 2.25. The maximum atomic E-state index is 5.05. The first kappa shape index (κ1) is 18.2. The Morgan fingerprint density at radius 2 is 1.71 bits per heavy atom. The van der Waals surface area contributed by atoms with Crippen molar-refractivity contribution in [1.82, 2.24) is 9.97 Å². The first-order valence-electron chi connectivity index (χ1n) is 8.34. The monoisotopic (exact) mass is 328 g/mol. The van der Waals surface area contributed by atoms with E-state index in [0.29, 0.717) is 0 Å². The summed E-state index contributed by atoms with van der Waals surface area (Å²) in [5, 5.41) is 6.65. The SMILES string of the molecule is COCCCNc1cc(Nc2ccc(C(C)(C)C)cc2)nc(C)n1. The minimum absolute atomic E-state index is 0.156. The lowest BCUT2D eigenvalue weighted by atomic mass is 9.87. The van der Waals surface area contributed by atoms with Gasteiger partial charge < -0.3 is 15.4 Å².